The molecule has 0 amide bonds. The summed E-state index contributed by atoms with van der Waals surface area (Å²) in [5.74, 6) is 1.81. The van der Waals surface area contributed by atoms with Crippen molar-refractivity contribution in [3.8, 4) is 5.75 Å². The van der Waals surface area contributed by atoms with Crippen molar-refractivity contribution in [1.29, 1.82) is 0 Å². The van der Waals surface area contributed by atoms with Gasteiger partial charge in [0.1, 0.15) is 5.75 Å². The number of ketones is 1. The highest BCUT2D eigenvalue weighted by Crippen LogP contribution is 2.29. The van der Waals surface area contributed by atoms with Crippen LogP contribution < -0.4 is 10.1 Å². The van der Waals surface area contributed by atoms with E-state index in [4.69, 9.17) is 4.74 Å². The van der Waals surface area contributed by atoms with Gasteiger partial charge in [0.2, 0.25) is 5.13 Å². The number of ether oxygens (including phenoxy) is 1. The number of benzene rings is 2. The number of rotatable bonds is 9. The zero-order valence-corrected chi connectivity index (χ0v) is 16.0. The lowest BCUT2D eigenvalue weighted by atomic mass is 10.1. The summed E-state index contributed by atoms with van der Waals surface area (Å²) in [4.78, 5) is 12.1. The van der Waals surface area contributed by atoms with E-state index >= 15 is 0 Å². The number of hydrogen-bond donors (Lipinski definition) is 1. The molecule has 1 N–H and O–H groups in total. The summed E-state index contributed by atoms with van der Waals surface area (Å²) >= 11 is 3.12. The summed E-state index contributed by atoms with van der Waals surface area (Å²) in [5, 5.41) is 12.3. The number of carbonyl (C=O) groups is 1. The van der Waals surface area contributed by atoms with Crippen molar-refractivity contribution in [2.24, 2.45) is 0 Å². The molecule has 134 valence electrons. The molecule has 0 aliphatic carbocycles. The summed E-state index contributed by atoms with van der Waals surface area (Å²) < 4.78 is 6.10. The maximum Gasteiger partial charge on any atom is 0.210 e. The molecule has 0 unspecified atom stereocenters. The van der Waals surface area contributed by atoms with Crippen LogP contribution in [0.2, 0.25) is 0 Å². The number of nitrogens with zero attached hydrogens (tertiary/aromatic N) is 2. The zero-order chi connectivity index (χ0) is 18.2. The van der Waals surface area contributed by atoms with Crippen LogP contribution in [0.4, 0.5) is 10.8 Å². The molecule has 0 aliphatic rings. The maximum absolute atomic E-state index is 12.1. The minimum absolute atomic E-state index is 0.184. The van der Waals surface area contributed by atoms with Crippen LogP contribution >= 0.6 is 23.1 Å². The molecular weight excluding hydrogens is 366 g/mol. The van der Waals surface area contributed by atoms with Crippen molar-refractivity contribution < 1.29 is 9.53 Å². The van der Waals surface area contributed by atoms with Crippen molar-refractivity contribution in [3.63, 3.8) is 0 Å². The number of anilines is 2. The van der Waals surface area contributed by atoms with Gasteiger partial charge in [-0.15, -0.1) is 10.2 Å². The van der Waals surface area contributed by atoms with Gasteiger partial charge in [0.15, 0.2) is 10.1 Å². The molecule has 0 atom stereocenters. The van der Waals surface area contributed by atoms with Gasteiger partial charge in [-0.25, -0.2) is 0 Å². The van der Waals surface area contributed by atoms with Gasteiger partial charge in [0.05, 0.1) is 7.11 Å². The summed E-state index contributed by atoms with van der Waals surface area (Å²) in [6, 6.07) is 17.1. The van der Waals surface area contributed by atoms with E-state index in [0.29, 0.717) is 6.42 Å². The Kier molecular flexibility index (Phi) is 6.62. The average molecular weight is 386 g/mol. The van der Waals surface area contributed by atoms with E-state index in [9.17, 15) is 4.79 Å². The van der Waals surface area contributed by atoms with Crippen molar-refractivity contribution in [2.45, 2.75) is 17.2 Å². The molecule has 0 radical (unpaired) electrons. The van der Waals surface area contributed by atoms with Gasteiger partial charge in [0, 0.05) is 29.5 Å². The van der Waals surface area contributed by atoms with E-state index in [-0.39, 0.29) is 5.78 Å². The molecule has 7 heteroatoms. The molecule has 0 saturated carbocycles. The maximum atomic E-state index is 12.1. The predicted octanol–water partition coefficient (Wildman–Crippen LogP) is 5.05. The van der Waals surface area contributed by atoms with Crippen molar-refractivity contribution >= 4 is 39.7 Å². The molecule has 0 aliphatic heterocycles. The van der Waals surface area contributed by atoms with Gasteiger partial charge in [-0.1, -0.05) is 59.5 Å². The largest absolute Gasteiger partial charge is 0.497 e. The van der Waals surface area contributed by atoms with E-state index in [2.05, 4.69) is 15.5 Å². The Morgan fingerprint density at radius 2 is 2.00 bits per heavy atom. The van der Waals surface area contributed by atoms with Crippen molar-refractivity contribution in [1.82, 2.24) is 10.2 Å². The Bertz CT molecular complexity index is 853. The molecular formula is C19H19N3O2S2. The third kappa shape index (κ3) is 5.31. The van der Waals surface area contributed by atoms with Gasteiger partial charge in [-0.2, -0.15) is 0 Å². The second kappa shape index (κ2) is 9.35. The van der Waals surface area contributed by atoms with E-state index in [1.807, 2.05) is 54.6 Å². The van der Waals surface area contributed by atoms with Crippen LogP contribution in [-0.2, 0) is 0 Å². The van der Waals surface area contributed by atoms with Crippen LogP contribution in [-0.4, -0.2) is 28.8 Å². The Morgan fingerprint density at radius 1 is 1.15 bits per heavy atom. The number of carbonyl (C=O) groups excluding carboxylic acids is 1. The third-order valence-electron chi connectivity index (χ3n) is 3.60. The number of thioether (sulfide) groups is 1. The number of methoxy groups -OCH3 is 1. The van der Waals surface area contributed by atoms with Gasteiger partial charge in [-0.05, 0) is 18.6 Å². The lowest BCUT2D eigenvalue weighted by Crippen LogP contribution is -1.98. The minimum atomic E-state index is 0.184. The number of hydrogen-bond acceptors (Lipinski definition) is 7. The van der Waals surface area contributed by atoms with Crippen LogP contribution in [0.5, 0.6) is 5.75 Å². The lowest BCUT2D eigenvalue weighted by Gasteiger charge is -2.04. The van der Waals surface area contributed by atoms with E-state index in [1.165, 1.54) is 11.3 Å². The number of Topliss-reactive ketones (excluding diaryl/α,β-unsaturated/α-hetero) is 1. The average Bonchev–Trinajstić information content (AvgIpc) is 3.13. The van der Waals surface area contributed by atoms with Crippen LogP contribution in [0, 0.1) is 0 Å². The second-order valence-electron chi connectivity index (χ2n) is 5.47. The SMILES string of the molecule is COc1cccc(Nc2nnc(SCCCC(=O)c3ccccc3)s2)c1. The van der Waals surface area contributed by atoms with Gasteiger partial charge in [-0.3, -0.25) is 4.79 Å². The van der Waals surface area contributed by atoms with E-state index in [0.717, 1.165) is 38.6 Å². The standard InChI is InChI=1S/C19H19N3O2S2/c1-24-16-10-5-9-15(13-16)20-18-21-22-19(26-18)25-12-6-11-17(23)14-7-3-2-4-8-14/h2-5,7-10,13H,6,11-12H2,1H3,(H,20,21). The van der Waals surface area contributed by atoms with Crippen molar-refractivity contribution in [3.05, 3.63) is 60.2 Å². The molecule has 1 aromatic heterocycles. The fraction of sp³-hybridized carbons (Fsp3) is 0.211. The number of aromatic nitrogens is 2. The first-order valence-corrected chi connectivity index (χ1v) is 10.0. The van der Waals surface area contributed by atoms with Crippen LogP contribution in [0.1, 0.15) is 23.2 Å². The smallest absolute Gasteiger partial charge is 0.210 e. The fourth-order valence-electron chi connectivity index (χ4n) is 2.30. The fourth-order valence-corrected chi connectivity index (χ4v) is 4.09. The molecule has 0 spiro atoms. The molecule has 2 aromatic carbocycles. The first kappa shape index (κ1) is 18.4. The molecule has 3 aromatic rings. The normalized spacial score (nSPS) is 10.5. The van der Waals surface area contributed by atoms with Crippen molar-refractivity contribution in [2.75, 3.05) is 18.2 Å². The van der Waals surface area contributed by atoms with Gasteiger partial charge in [0.25, 0.3) is 0 Å². The zero-order valence-electron chi connectivity index (χ0n) is 14.3. The highest BCUT2D eigenvalue weighted by atomic mass is 32.2. The quantitative estimate of drug-likeness (QED) is 0.316. The second-order valence-corrected chi connectivity index (χ2v) is 7.79. The van der Waals surface area contributed by atoms with E-state index < -0.39 is 0 Å². The molecule has 26 heavy (non-hydrogen) atoms. The topological polar surface area (TPSA) is 64.1 Å². The first-order valence-electron chi connectivity index (χ1n) is 8.20. The molecule has 0 bridgehead atoms. The van der Waals surface area contributed by atoms with Gasteiger partial charge < -0.3 is 10.1 Å². The number of nitrogens with one attached hydrogen (secondary N) is 1. The van der Waals surface area contributed by atoms with Crippen LogP contribution in [0.25, 0.3) is 0 Å². The van der Waals surface area contributed by atoms with Gasteiger partial charge >= 0.3 is 0 Å². The summed E-state index contributed by atoms with van der Waals surface area (Å²) in [6.45, 7) is 0. The Labute approximate surface area is 160 Å². The van der Waals surface area contributed by atoms with Crippen LogP contribution in [0.15, 0.2) is 58.9 Å². The highest BCUT2D eigenvalue weighted by Gasteiger charge is 2.08. The Hall–Kier alpha value is -2.38. The Morgan fingerprint density at radius 3 is 2.81 bits per heavy atom. The van der Waals surface area contributed by atoms with E-state index in [1.54, 1.807) is 18.9 Å². The molecule has 5 nitrogen and oxygen atoms in total. The molecule has 1 heterocycles. The summed E-state index contributed by atoms with van der Waals surface area (Å²) in [5.41, 5.74) is 1.68. The molecule has 0 saturated heterocycles. The lowest BCUT2D eigenvalue weighted by molar-refractivity contribution is 0.0982. The summed E-state index contributed by atoms with van der Waals surface area (Å²) in [6.07, 6.45) is 1.36. The highest BCUT2D eigenvalue weighted by molar-refractivity contribution is 8.01. The predicted molar refractivity (Wildman–Crippen MR) is 107 cm³/mol. The monoisotopic (exact) mass is 385 g/mol. The Balaban J connectivity index is 1.44. The summed E-state index contributed by atoms with van der Waals surface area (Å²) in [7, 11) is 1.64. The molecule has 0 fully saturated rings. The minimum Gasteiger partial charge on any atom is -0.497 e. The first-order chi connectivity index (χ1) is 12.7. The molecule has 3 rings (SSSR count). The third-order valence-corrected chi connectivity index (χ3v) is 5.66. The van der Waals surface area contributed by atoms with Crippen LogP contribution in [0.3, 0.4) is 0 Å².